The van der Waals surface area contributed by atoms with Gasteiger partial charge in [0.05, 0.1) is 23.8 Å². The predicted octanol–water partition coefficient (Wildman–Crippen LogP) is 5.62. The van der Waals surface area contributed by atoms with Crippen molar-refractivity contribution in [3.05, 3.63) is 34.9 Å². The molecule has 0 heterocycles. The maximum absolute atomic E-state index is 12.3. The van der Waals surface area contributed by atoms with E-state index in [1.807, 2.05) is 0 Å². The van der Waals surface area contributed by atoms with Crippen molar-refractivity contribution in [1.29, 1.82) is 5.26 Å². The first-order valence-electron chi connectivity index (χ1n) is 9.43. The van der Waals surface area contributed by atoms with E-state index in [4.69, 9.17) is 10.00 Å². The van der Waals surface area contributed by atoms with Crippen molar-refractivity contribution in [3.63, 3.8) is 0 Å². The smallest absolute Gasteiger partial charge is 0.339 e. The molecule has 0 unspecified atom stereocenters. The highest BCUT2D eigenvalue weighted by atomic mass is 16.5. The number of ether oxygens (including phenoxy) is 1. The molecular formula is C22H29NO2. The average molecular weight is 339 g/mol. The molecule has 0 amide bonds. The zero-order valence-corrected chi connectivity index (χ0v) is 15.6. The van der Waals surface area contributed by atoms with Crippen LogP contribution in [-0.2, 0) is 4.74 Å². The fourth-order valence-corrected chi connectivity index (χ4v) is 2.46. The van der Waals surface area contributed by atoms with Gasteiger partial charge in [-0.2, -0.15) is 5.26 Å². The first-order valence-corrected chi connectivity index (χ1v) is 9.43. The number of esters is 1. The van der Waals surface area contributed by atoms with Gasteiger partial charge in [-0.1, -0.05) is 64.2 Å². The Morgan fingerprint density at radius 3 is 2.48 bits per heavy atom. The van der Waals surface area contributed by atoms with Crippen LogP contribution in [0.3, 0.4) is 0 Å². The number of hydrogen-bond donors (Lipinski definition) is 0. The van der Waals surface area contributed by atoms with Gasteiger partial charge >= 0.3 is 5.97 Å². The van der Waals surface area contributed by atoms with Crippen molar-refractivity contribution in [2.24, 2.45) is 0 Å². The van der Waals surface area contributed by atoms with Crippen LogP contribution >= 0.6 is 0 Å². The molecule has 25 heavy (non-hydrogen) atoms. The first kappa shape index (κ1) is 20.8. The molecule has 0 aliphatic rings. The second kappa shape index (κ2) is 13.1. The molecule has 0 atom stereocenters. The number of hydrogen-bond acceptors (Lipinski definition) is 3. The van der Waals surface area contributed by atoms with Crippen molar-refractivity contribution < 1.29 is 9.53 Å². The molecule has 3 nitrogen and oxygen atoms in total. The number of nitriles is 1. The Morgan fingerprint density at radius 2 is 1.76 bits per heavy atom. The Hall–Kier alpha value is -2.26. The van der Waals surface area contributed by atoms with Crippen molar-refractivity contribution in [3.8, 4) is 17.9 Å². The van der Waals surface area contributed by atoms with Crippen LogP contribution in [0, 0.1) is 23.2 Å². The summed E-state index contributed by atoms with van der Waals surface area (Å²) in [5.74, 6) is 5.80. The van der Waals surface area contributed by atoms with E-state index in [2.05, 4.69) is 31.8 Å². The van der Waals surface area contributed by atoms with E-state index in [1.54, 1.807) is 18.2 Å². The maximum atomic E-state index is 12.3. The second-order valence-corrected chi connectivity index (χ2v) is 6.18. The topological polar surface area (TPSA) is 50.1 Å². The van der Waals surface area contributed by atoms with E-state index in [-0.39, 0.29) is 5.97 Å². The van der Waals surface area contributed by atoms with Gasteiger partial charge in [0.2, 0.25) is 0 Å². The van der Waals surface area contributed by atoms with Crippen molar-refractivity contribution in [2.75, 3.05) is 6.61 Å². The molecule has 1 rings (SSSR count). The summed E-state index contributed by atoms with van der Waals surface area (Å²) >= 11 is 0. The third-order valence-electron chi connectivity index (χ3n) is 3.98. The highest BCUT2D eigenvalue weighted by Gasteiger charge is 2.12. The van der Waals surface area contributed by atoms with Crippen LogP contribution in [0.5, 0.6) is 0 Å². The fraction of sp³-hybridized carbons (Fsp3) is 0.545. The molecule has 0 aliphatic carbocycles. The molecule has 1 aromatic rings. The van der Waals surface area contributed by atoms with Crippen LogP contribution in [0.2, 0.25) is 0 Å². The third-order valence-corrected chi connectivity index (χ3v) is 3.98. The highest BCUT2D eigenvalue weighted by molar-refractivity contribution is 5.92. The molecule has 3 heteroatoms. The maximum Gasteiger partial charge on any atom is 0.339 e. The van der Waals surface area contributed by atoms with E-state index in [1.165, 1.54) is 19.3 Å². The van der Waals surface area contributed by atoms with Crippen LogP contribution in [0.4, 0.5) is 0 Å². The van der Waals surface area contributed by atoms with E-state index < -0.39 is 0 Å². The summed E-state index contributed by atoms with van der Waals surface area (Å²) < 4.78 is 5.38. The van der Waals surface area contributed by atoms with Gasteiger partial charge in [0, 0.05) is 12.0 Å². The Kier molecular flexibility index (Phi) is 10.9. The summed E-state index contributed by atoms with van der Waals surface area (Å²) in [5, 5.41) is 9.06. The summed E-state index contributed by atoms with van der Waals surface area (Å²) in [4.78, 5) is 12.3. The number of benzene rings is 1. The Balaban J connectivity index is 2.67. The van der Waals surface area contributed by atoms with Gasteiger partial charge in [0.1, 0.15) is 0 Å². The summed E-state index contributed by atoms with van der Waals surface area (Å²) in [6.45, 7) is 4.77. The van der Waals surface area contributed by atoms with Crippen LogP contribution in [0.1, 0.15) is 93.1 Å². The van der Waals surface area contributed by atoms with Crippen LogP contribution in [0.25, 0.3) is 0 Å². The lowest BCUT2D eigenvalue weighted by atomic mass is 10.0. The van der Waals surface area contributed by atoms with Gasteiger partial charge in [0.15, 0.2) is 0 Å². The average Bonchev–Trinajstić information content (AvgIpc) is 2.64. The fourth-order valence-electron chi connectivity index (χ4n) is 2.46. The molecule has 0 aliphatic heterocycles. The summed E-state index contributed by atoms with van der Waals surface area (Å²) in [6.07, 6.45) is 9.74. The number of nitrogens with zero attached hydrogens (tertiary/aromatic N) is 1. The van der Waals surface area contributed by atoms with Gasteiger partial charge in [-0.05, 0) is 31.0 Å². The Bertz CT molecular complexity index is 632. The molecule has 0 aromatic heterocycles. The van der Waals surface area contributed by atoms with Gasteiger partial charge in [-0.3, -0.25) is 0 Å². The molecule has 0 fully saturated rings. The van der Waals surface area contributed by atoms with E-state index in [0.29, 0.717) is 23.3 Å². The zero-order valence-electron chi connectivity index (χ0n) is 15.6. The SMILES string of the molecule is CCCCCC#Cc1cc(C#N)ccc1C(=O)OCCCCCCC. The van der Waals surface area contributed by atoms with Crippen molar-refractivity contribution in [1.82, 2.24) is 0 Å². The number of rotatable bonds is 10. The quantitative estimate of drug-likeness (QED) is 0.316. The van der Waals surface area contributed by atoms with Crippen LogP contribution in [0.15, 0.2) is 18.2 Å². The van der Waals surface area contributed by atoms with Crippen LogP contribution in [-0.4, -0.2) is 12.6 Å². The summed E-state index contributed by atoms with van der Waals surface area (Å²) in [7, 11) is 0. The van der Waals surface area contributed by atoms with E-state index in [0.717, 1.165) is 38.5 Å². The Labute approximate surface area is 152 Å². The number of unbranched alkanes of at least 4 members (excludes halogenated alkanes) is 7. The lowest BCUT2D eigenvalue weighted by Crippen LogP contribution is -2.08. The minimum atomic E-state index is -0.349. The molecule has 134 valence electrons. The summed E-state index contributed by atoms with van der Waals surface area (Å²) in [6, 6.07) is 7.05. The monoisotopic (exact) mass is 339 g/mol. The first-order chi connectivity index (χ1) is 12.2. The molecule has 0 bridgehead atoms. The zero-order chi connectivity index (χ0) is 18.3. The molecule has 0 saturated carbocycles. The lowest BCUT2D eigenvalue weighted by molar-refractivity contribution is 0.0497. The molecule has 1 aromatic carbocycles. The Morgan fingerprint density at radius 1 is 1.04 bits per heavy atom. The highest BCUT2D eigenvalue weighted by Crippen LogP contribution is 2.13. The largest absolute Gasteiger partial charge is 0.462 e. The molecule has 0 saturated heterocycles. The lowest BCUT2D eigenvalue weighted by Gasteiger charge is -2.07. The standard InChI is InChI=1S/C22H29NO2/c1-3-5-7-9-11-13-20-17-19(18-23)14-15-21(20)22(24)25-16-12-10-8-6-4-2/h14-15,17H,3-10,12,16H2,1-2H3. The van der Waals surface area contributed by atoms with Gasteiger partial charge < -0.3 is 4.74 Å². The van der Waals surface area contributed by atoms with Crippen molar-refractivity contribution >= 4 is 5.97 Å². The van der Waals surface area contributed by atoms with Gasteiger partial charge in [-0.25, -0.2) is 4.79 Å². The number of carbonyl (C=O) groups excluding carboxylic acids is 1. The third kappa shape index (κ3) is 8.41. The normalized spacial score (nSPS) is 9.80. The number of carbonyl (C=O) groups is 1. The van der Waals surface area contributed by atoms with Crippen molar-refractivity contribution in [2.45, 2.75) is 71.6 Å². The summed E-state index contributed by atoms with van der Waals surface area (Å²) in [5.41, 5.74) is 1.55. The predicted molar refractivity (Wildman–Crippen MR) is 101 cm³/mol. The molecule has 0 spiro atoms. The minimum Gasteiger partial charge on any atom is -0.462 e. The van der Waals surface area contributed by atoms with Gasteiger partial charge in [0.25, 0.3) is 0 Å². The minimum absolute atomic E-state index is 0.349. The molecule has 0 N–H and O–H groups in total. The molecule has 0 radical (unpaired) electrons. The second-order valence-electron chi connectivity index (χ2n) is 6.18. The van der Waals surface area contributed by atoms with Crippen LogP contribution < -0.4 is 0 Å². The van der Waals surface area contributed by atoms with E-state index in [9.17, 15) is 4.79 Å². The van der Waals surface area contributed by atoms with E-state index >= 15 is 0 Å². The molecular weight excluding hydrogens is 310 g/mol. The van der Waals surface area contributed by atoms with Gasteiger partial charge in [-0.15, -0.1) is 0 Å².